The van der Waals surface area contributed by atoms with Gasteiger partial charge in [-0.25, -0.2) is 9.97 Å². The Kier molecular flexibility index (Phi) is 5.66. The number of anilines is 2. The molecule has 0 aliphatic heterocycles. The predicted molar refractivity (Wildman–Crippen MR) is 135 cm³/mol. The average molecular weight is 474 g/mol. The Bertz CT molecular complexity index is 1490. The van der Waals surface area contributed by atoms with E-state index >= 15 is 0 Å². The molecule has 0 fully saturated rings. The summed E-state index contributed by atoms with van der Waals surface area (Å²) in [6.45, 7) is -0.418. The monoisotopic (exact) mass is 473 g/mol. The van der Waals surface area contributed by atoms with Gasteiger partial charge in [-0.05, 0) is 54.1 Å². The van der Waals surface area contributed by atoms with E-state index in [-0.39, 0.29) is 13.2 Å². The first kappa shape index (κ1) is 21.9. The number of thiazole rings is 1. The lowest BCUT2D eigenvalue weighted by Crippen LogP contribution is -1.99. The van der Waals surface area contributed by atoms with Crippen molar-refractivity contribution in [2.75, 3.05) is 18.6 Å². The summed E-state index contributed by atoms with van der Waals surface area (Å²) >= 11 is 1.48. The number of ether oxygens (including phenoxy) is 1. The Morgan fingerprint density at radius 1 is 1.03 bits per heavy atom. The predicted octanol–water partition coefficient (Wildman–Crippen LogP) is 3.97. The molecule has 0 saturated carbocycles. The SMILES string of the molecule is COc1c(CO)c(CO)cc2nc(-c3ccc(-n4cncc4-c4ccc(N)cc4N)cc3)sc12. The van der Waals surface area contributed by atoms with Crippen LogP contribution >= 0.6 is 11.3 Å². The smallest absolute Gasteiger partial charge is 0.144 e. The zero-order valence-corrected chi connectivity index (χ0v) is 19.2. The summed E-state index contributed by atoms with van der Waals surface area (Å²) in [6, 6.07) is 15.2. The van der Waals surface area contributed by atoms with Gasteiger partial charge in [-0.2, -0.15) is 0 Å². The quantitative estimate of drug-likeness (QED) is 0.274. The van der Waals surface area contributed by atoms with E-state index in [2.05, 4.69) is 4.98 Å². The first-order valence-electron chi connectivity index (χ1n) is 10.5. The number of hydrogen-bond acceptors (Lipinski definition) is 8. The number of rotatable bonds is 6. The molecule has 3 aromatic carbocycles. The van der Waals surface area contributed by atoms with Crippen molar-refractivity contribution in [2.45, 2.75) is 13.2 Å². The van der Waals surface area contributed by atoms with Gasteiger partial charge in [0.25, 0.3) is 0 Å². The molecule has 34 heavy (non-hydrogen) atoms. The molecule has 0 radical (unpaired) electrons. The van der Waals surface area contributed by atoms with E-state index in [0.29, 0.717) is 28.3 Å². The van der Waals surface area contributed by atoms with Crippen LogP contribution in [0.5, 0.6) is 5.75 Å². The van der Waals surface area contributed by atoms with Crippen LogP contribution in [0.2, 0.25) is 0 Å². The molecule has 0 aliphatic rings. The van der Waals surface area contributed by atoms with Crippen LogP contribution in [0.3, 0.4) is 0 Å². The summed E-state index contributed by atoms with van der Waals surface area (Å²) in [6.07, 6.45) is 3.52. The van der Waals surface area contributed by atoms with Crippen LogP contribution in [0.25, 0.3) is 37.7 Å². The van der Waals surface area contributed by atoms with Gasteiger partial charge in [0.15, 0.2) is 0 Å². The van der Waals surface area contributed by atoms with Gasteiger partial charge in [0.2, 0.25) is 0 Å². The first-order valence-corrected chi connectivity index (χ1v) is 11.3. The fourth-order valence-electron chi connectivity index (χ4n) is 4.06. The highest BCUT2D eigenvalue weighted by Crippen LogP contribution is 2.40. The van der Waals surface area contributed by atoms with E-state index in [1.807, 2.05) is 41.0 Å². The Balaban J connectivity index is 1.53. The zero-order chi connectivity index (χ0) is 23.8. The van der Waals surface area contributed by atoms with Crippen LogP contribution in [-0.4, -0.2) is 31.9 Å². The second-order valence-corrected chi connectivity index (χ2v) is 8.77. The Labute approximate surface area is 199 Å². The highest BCUT2D eigenvalue weighted by atomic mass is 32.1. The summed E-state index contributed by atoms with van der Waals surface area (Å²) in [5, 5.41) is 20.3. The van der Waals surface area contributed by atoms with Crippen LogP contribution < -0.4 is 16.2 Å². The fraction of sp³-hybridized carbons (Fsp3) is 0.120. The van der Waals surface area contributed by atoms with E-state index < -0.39 is 0 Å². The summed E-state index contributed by atoms with van der Waals surface area (Å²) in [4.78, 5) is 9.06. The van der Waals surface area contributed by atoms with Crippen LogP contribution in [0.1, 0.15) is 11.1 Å². The third-order valence-corrected chi connectivity index (χ3v) is 6.87. The average Bonchev–Trinajstić information content (AvgIpc) is 3.50. The molecule has 8 nitrogen and oxygen atoms in total. The molecule has 0 bridgehead atoms. The number of imidazole rings is 1. The molecule has 6 N–H and O–H groups in total. The topological polar surface area (TPSA) is 132 Å². The molecule has 0 aliphatic carbocycles. The van der Waals surface area contributed by atoms with E-state index in [1.54, 1.807) is 31.8 Å². The highest BCUT2D eigenvalue weighted by Gasteiger charge is 2.18. The second-order valence-electron chi connectivity index (χ2n) is 7.77. The van der Waals surface area contributed by atoms with Crippen molar-refractivity contribution < 1.29 is 14.9 Å². The maximum Gasteiger partial charge on any atom is 0.144 e. The van der Waals surface area contributed by atoms with Crippen LogP contribution in [0.4, 0.5) is 11.4 Å². The molecule has 2 heterocycles. The third kappa shape index (κ3) is 3.65. The van der Waals surface area contributed by atoms with Crippen LogP contribution in [0.15, 0.2) is 61.1 Å². The normalized spacial score (nSPS) is 11.3. The largest absolute Gasteiger partial charge is 0.495 e. The minimum absolute atomic E-state index is 0.199. The van der Waals surface area contributed by atoms with Crippen molar-refractivity contribution in [3.63, 3.8) is 0 Å². The maximum atomic E-state index is 9.77. The number of methoxy groups -OCH3 is 1. The molecule has 2 aromatic heterocycles. The van der Waals surface area contributed by atoms with E-state index in [1.165, 1.54) is 11.3 Å². The fourth-order valence-corrected chi connectivity index (χ4v) is 5.16. The lowest BCUT2D eigenvalue weighted by molar-refractivity contribution is 0.254. The molecular weight excluding hydrogens is 450 g/mol. The van der Waals surface area contributed by atoms with Gasteiger partial charge in [0.1, 0.15) is 10.8 Å². The molecule has 5 rings (SSSR count). The Hall–Kier alpha value is -3.92. The van der Waals surface area contributed by atoms with Crippen molar-refractivity contribution in [3.8, 4) is 33.3 Å². The summed E-state index contributed by atoms with van der Waals surface area (Å²) in [7, 11) is 1.56. The number of aliphatic hydroxyl groups is 2. The Morgan fingerprint density at radius 3 is 2.50 bits per heavy atom. The number of aromatic nitrogens is 3. The van der Waals surface area contributed by atoms with Gasteiger partial charge >= 0.3 is 0 Å². The molecule has 5 aromatic rings. The van der Waals surface area contributed by atoms with Gasteiger partial charge < -0.3 is 26.4 Å². The van der Waals surface area contributed by atoms with Crippen molar-refractivity contribution in [1.29, 1.82) is 0 Å². The molecule has 0 amide bonds. The summed E-state index contributed by atoms with van der Waals surface area (Å²) in [5.41, 5.74) is 18.7. The second kappa shape index (κ2) is 8.79. The van der Waals surface area contributed by atoms with Crippen molar-refractivity contribution in [2.24, 2.45) is 0 Å². The minimum atomic E-state index is -0.220. The van der Waals surface area contributed by atoms with E-state index in [0.717, 1.165) is 37.7 Å². The molecule has 0 unspecified atom stereocenters. The number of fused-ring (bicyclic) bond motifs is 1. The van der Waals surface area contributed by atoms with E-state index in [4.69, 9.17) is 21.2 Å². The molecule has 9 heteroatoms. The molecular formula is C25H23N5O3S. The lowest BCUT2D eigenvalue weighted by Gasteiger charge is -2.11. The molecule has 0 saturated heterocycles. The van der Waals surface area contributed by atoms with Crippen LogP contribution in [-0.2, 0) is 13.2 Å². The highest BCUT2D eigenvalue weighted by molar-refractivity contribution is 7.22. The standard InChI is InChI=1S/C25H23N5O3S/c1-33-23-19(12-32)15(11-31)8-21-24(23)34-25(29-21)14-2-5-17(6-3-14)30-13-28-10-22(30)18-7-4-16(26)9-20(18)27/h2-10,13,31-32H,11-12,26-27H2,1H3. The summed E-state index contributed by atoms with van der Waals surface area (Å²) < 4.78 is 8.35. The van der Waals surface area contributed by atoms with Crippen molar-refractivity contribution in [1.82, 2.24) is 14.5 Å². The van der Waals surface area contributed by atoms with E-state index in [9.17, 15) is 10.2 Å². The van der Waals surface area contributed by atoms with Crippen molar-refractivity contribution in [3.05, 3.63) is 72.2 Å². The van der Waals surface area contributed by atoms with Gasteiger partial charge in [-0.15, -0.1) is 11.3 Å². The van der Waals surface area contributed by atoms with Gasteiger partial charge in [-0.1, -0.05) is 0 Å². The molecule has 0 atom stereocenters. The number of nitrogen functional groups attached to an aromatic ring is 2. The minimum Gasteiger partial charge on any atom is -0.495 e. The number of hydrogen-bond donors (Lipinski definition) is 4. The number of aliphatic hydroxyl groups excluding tert-OH is 2. The number of benzene rings is 3. The van der Waals surface area contributed by atoms with Gasteiger partial charge in [0.05, 0.1) is 48.8 Å². The first-order chi connectivity index (χ1) is 16.5. The number of nitrogens with zero attached hydrogens (tertiary/aromatic N) is 3. The maximum absolute atomic E-state index is 9.77. The summed E-state index contributed by atoms with van der Waals surface area (Å²) in [5.74, 6) is 0.550. The third-order valence-electron chi connectivity index (χ3n) is 5.75. The Morgan fingerprint density at radius 2 is 1.82 bits per heavy atom. The van der Waals surface area contributed by atoms with Gasteiger partial charge in [0, 0.05) is 33.8 Å². The van der Waals surface area contributed by atoms with Gasteiger partial charge in [-0.3, -0.25) is 4.57 Å². The lowest BCUT2D eigenvalue weighted by atomic mass is 10.1. The van der Waals surface area contributed by atoms with Crippen molar-refractivity contribution >= 4 is 32.9 Å². The van der Waals surface area contributed by atoms with Crippen LogP contribution in [0, 0.1) is 0 Å². The zero-order valence-electron chi connectivity index (χ0n) is 18.4. The molecule has 172 valence electrons. The molecule has 0 spiro atoms. The number of nitrogens with two attached hydrogens (primary N) is 2.